The fraction of sp³-hybridized carbons (Fsp3) is 0.333. The molecule has 1 rings (SSSR count). The molecule has 4 nitrogen and oxygen atoms in total. The van der Waals surface area contributed by atoms with E-state index in [2.05, 4.69) is 0 Å². The predicted octanol–water partition coefficient (Wildman–Crippen LogP) is -0.247. The van der Waals surface area contributed by atoms with E-state index in [4.69, 9.17) is 21.7 Å². The summed E-state index contributed by atoms with van der Waals surface area (Å²) in [6.45, 7) is -0.259. The van der Waals surface area contributed by atoms with Crippen molar-refractivity contribution < 1.29 is 10.2 Å². The third-order valence-corrected chi connectivity index (χ3v) is 1.93. The van der Waals surface area contributed by atoms with Crippen LogP contribution in [0.5, 0.6) is 0 Å². The van der Waals surface area contributed by atoms with Gasteiger partial charge in [-0.25, -0.2) is 0 Å². The zero-order valence-corrected chi connectivity index (χ0v) is 7.27. The van der Waals surface area contributed by atoms with Gasteiger partial charge in [-0.3, -0.25) is 0 Å². The Kier molecular flexibility index (Phi) is 3.25. The zero-order valence-electron chi connectivity index (χ0n) is 7.27. The van der Waals surface area contributed by atoms with Gasteiger partial charge in [0.2, 0.25) is 0 Å². The molecule has 0 amide bonds. The fourth-order valence-corrected chi connectivity index (χ4v) is 1.22. The molecular formula is C9H14N2O2. The van der Waals surface area contributed by atoms with Crippen molar-refractivity contribution in [2.75, 3.05) is 12.3 Å². The van der Waals surface area contributed by atoms with Gasteiger partial charge < -0.3 is 21.7 Å². The number of hydrogen-bond donors (Lipinski definition) is 4. The maximum absolute atomic E-state index is 8.99. The Bertz CT molecular complexity index is 289. The predicted molar refractivity (Wildman–Crippen MR) is 50.8 cm³/mol. The van der Waals surface area contributed by atoms with E-state index in [-0.39, 0.29) is 13.2 Å². The molecule has 1 aromatic rings. The Labute approximate surface area is 76.8 Å². The number of rotatable bonds is 3. The smallest absolute Gasteiger partial charge is 0.0685 e. The average molecular weight is 182 g/mol. The first kappa shape index (κ1) is 9.98. The van der Waals surface area contributed by atoms with Gasteiger partial charge in [-0.2, -0.15) is 0 Å². The van der Waals surface area contributed by atoms with E-state index in [1.807, 2.05) is 0 Å². The highest BCUT2D eigenvalue weighted by Crippen LogP contribution is 2.18. The second-order valence-corrected chi connectivity index (χ2v) is 2.91. The van der Waals surface area contributed by atoms with Crippen molar-refractivity contribution >= 4 is 5.69 Å². The van der Waals surface area contributed by atoms with E-state index < -0.39 is 6.04 Å². The highest BCUT2D eigenvalue weighted by atomic mass is 16.3. The summed E-state index contributed by atoms with van der Waals surface area (Å²) in [5.41, 5.74) is 13.1. The molecule has 0 aliphatic carbocycles. The number of nitrogens with two attached hydrogens (primary N) is 2. The number of nitrogen functional groups attached to an aromatic ring is 1. The second kappa shape index (κ2) is 4.23. The molecule has 0 aromatic heterocycles. The number of aliphatic hydroxyl groups excluding tert-OH is 2. The number of hydrogen-bond acceptors (Lipinski definition) is 4. The van der Waals surface area contributed by atoms with Crippen LogP contribution in [-0.2, 0) is 6.61 Å². The highest BCUT2D eigenvalue weighted by molar-refractivity contribution is 5.45. The van der Waals surface area contributed by atoms with Gasteiger partial charge >= 0.3 is 0 Å². The van der Waals surface area contributed by atoms with Crippen LogP contribution in [0.25, 0.3) is 0 Å². The lowest BCUT2D eigenvalue weighted by Gasteiger charge is -2.13. The van der Waals surface area contributed by atoms with Gasteiger partial charge in [0.05, 0.1) is 19.3 Å². The van der Waals surface area contributed by atoms with Crippen LogP contribution < -0.4 is 11.5 Å². The highest BCUT2D eigenvalue weighted by Gasteiger charge is 2.09. The third kappa shape index (κ3) is 2.18. The summed E-state index contributed by atoms with van der Waals surface area (Å²) in [5.74, 6) is 0. The maximum Gasteiger partial charge on any atom is 0.0685 e. The van der Waals surface area contributed by atoms with Gasteiger partial charge in [-0.05, 0) is 23.3 Å². The van der Waals surface area contributed by atoms with Crippen LogP contribution in [0, 0.1) is 0 Å². The van der Waals surface area contributed by atoms with Crippen LogP contribution in [0.1, 0.15) is 17.2 Å². The molecule has 1 aromatic carbocycles. The van der Waals surface area contributed by atoms with Crippen LogP contribution in [0.2, 0.25) is 0 Å². The average Bonchev–Trinajstić information content (AvgIpc) is 2.16. The summed E-state index contributed by atoms with van der Waals surface area (Å²) in [6, 6.07) is 4.62. The fourth-order valence-electron chi connectivity index (χ4n) is 1.22. The molecule has 0 bridgehead atoms. The molecule has 0 aliphatic rings. The van der Waals surface area contributed by atoms with E-state index >= 15 is 0 Å². The van der Waals surface area contributed by atoms with E-state index in [0.29, 0.717) is 11.3 Å². The van der Waals surface area contributed by atoms with Gasteiger partial charge in [0.1, 0.15) is 0 Å². The van der Waals surface area contributed by atoms with E-state index in [1.54, 1.807) is 18.2 Å². The Morgan fingerprint density at radius 1 is 1.31 bits per heavy atom. The molecule has 0 heterocycles. The Morgan fingerprint density at radius 2 is 2.00 bits per heavy atom. The summed E-state index contributed by atoms with van der Waals surface area (Å²) in [6.07, 6.45) is 0. The molecule has 0 radical (unpaired) electrons. The van der Waals surface area contributed by atoms with Gasteiger partial charge in [0, 0.05) is 5.69 Å². The lowest BCUT2D eigenvalue weighted by Crippen LogP contribution is -2.16. The monoisotopic (exact) mass is 182 g/mol. The molecule has 0 saturated heterocycles. The van der Waals surface area contributed by atoms with Crippen molar-refractivity contribution in [1.29, 1.82) is 0 Å². The lowest BCUT2D eigenvalue weighted by atomic mass is 10.0. The quantitative estimate of drug-likeness (QED) is 0.485. The first-order valence-corrected chi connectivity index (χ1v) is 4.04. The molecule has 0 saturated carbocycles. The van der Waals surface area contributed by atoms with Crippen LogP contribution in [0.3, 0.4) is 0 Å². The zero-order chi connectivity index (χ0) is 9.84. The van der Waals surface area contributed by atoms with E-state index in [1.165, 1.54) is 0 Å². The van der Waals surface area contributed by atoms with Crippen LogP contribution in [0.4, 0.5) is 5.69 Å². The van der Waals surface area contributed by atoms with Crippen molar-refractivity contribution in [3.8, 4) is 0 Å². The van der Waals surface area contributed by atoms with Gasteiger partial charge in [-0.15, -0.1) is 0 Å². The van der Waals surface area contributed by atoms with E-state index in [9.17, 15) is 0 Å². The second-order valence-electron chi connectivity index (χ2n) is 2.91. The van der Waals surface area contributed by atoms with Gasteiger partial charge in [-0.1, -0.05) is 6.07 Å². The van der Waals surface area contributed by atoms with Crippen molar-refractivity contribution in [2.24, 2.45) is 5.73 Å². The number of benzene rings is 1. The largest absolute Gasteiger partial charge is 0.399 e. The van der Waals surface area contributed by atoms with E-state index in [0.717, 1.165) is 5.56 Å². The van der Waals surface area contributed by atoms with Gasteiger partial charge in [0.15, 0.2) is 0 Å². The van der Waals surface area contributed by atoms with Crippen LogP contribution >= 0.6 is 0 Å². The molecule has 0 unspecified atom stereocenters. The molecule has 4 heteroatoms. The Balaban J connectivity index is 3.05. The molecule has 1 atom stereocenters. The molecule has 0 spiro atoms. The number of aliphatic hydroxyl groups is 2. The van der Waals surface area contributed by atoms with Crippen LogP contribution in [-0.4, -0.2) is 16.8 Å². The first-order valence-electron chi connectivity index (χ1n) is 4.04. The molecule has 13 heavy (non-hydrogen) atoms. The molecule has 6 N–H and O–H groups in total. The first-order chi connectivity index (χ1) is 6.19. The Hall–Kier alpha value is -1.10. The normalized spacial score (nSPS) is 12.8. The van der Waals surface area contributed by atoms with Gasteiger partial charge in [0.25, 0.3) is 0 Å². The summed E-state index contributed by atoms with van der Waals surface area (Å²) < 4.78 is 0. The summed E-state index contributed by atoms with van der Waals surface area (Å²) >= 11 is 0. The van der Waals surface area contributed by atoms with Crippen molar-refractivity contribution in [3.05, 3.63) is 29.3 Å². The number of anilines is 1. The standard InChI is InChI=1S/C9H14N2O2/c10-7-1-2-8(9(11)5-13)6(3-7)4-12/h1-3,9,12-13H,4-5,10-11H2/t9-/m0/s1. The lowest BCUT2D eigenvalue weighted by molar-refractivity contribution is 0.259. The minimum atomic E-state index is -0.456. The minimum Gasteiger partial charge on any atom is -0.399 e. The topological polar surface area (TPSA) is 92.5 Å². The maximum atomic E-state index is 8.99. The van der Waals surface area contributed by atoms with Crippen molar-refractivity contribution in [2.45, 2.75) is 12.6 Å². The van der Waals surface area contributed by atoms with Crippen LogP contribution in [0.15, 0.2) is 18.2 Å². The third-order valence-electron chi connectivity index (χ3n) is 1.93. The minimum absolute atomic E-state index is 0.117. The molecule has 0 fully saturated rings. The molecular weight excluding hydrogens is 168 g/mol. The van der Waals surface area contributed by atoms with Crippen molar-refractivity contribution in [1.82, 2.24) is 0 Å². The summed E-state index contributed by atoms with van der Waals surface area (Å²) in [7, 11) is 0. The molecule has 0 aliphatic heterocycles. The van der Waals surface area contributed by atoms with Crippen molar-refractivity contribution in [3.63, 3.8) is 0 Å². The summed E-state index contributed by atoms with van der Waals surface area (Å²) in [4.78, 5) is 0. The molecule has 72 valence electrons. The SMILES string of the molecule is Nc1ccc([C@@H](N)CO)c(CO)c1. The Morgan fingerprint density at radius 3 is 2.54 bits per heavy atom. The summed E-state index contributed by atoms with van der Waals surface area (Å²) in [5, 5.41) is 17.8.